The third-order valence-corrected chi connectivity index (χ3v) is 17.2. The van der Waals surface area contributed by atoms with E-state index in [1.54, 1.807) is 0 Å². The number of allylic oxidation sites excluding steroid dienone is 4. The van der Waals surface area contributed by atoms with Crippen LogP contribution in [0.5, 0.6) is 0 Å². The summed E-state index contributed by atoms with van der Waals surface area (Å²) >= 11 is 0. The molecule has 0 rings (SSSR count). The minimum absolute atomic E-state index is 0.00587. The average Bonchev–Trinajstić information content (AvgIpc) is 3.46. The summed E-state index contributed by atoms with van der Waals surface area (Å²) in [6.45, 7) is 4.98. The SMILES string of the molecule is CCCCCCC/C=C\CCCCCCCC(=O)OCCCCCCCCCCCCCC/C=C\CCCCCCCCCCCC(=O)NC(CO)C(O)CCCCCCCCCCCCCCCCCCCCCCCCCC. The molecule has 0 aliphatic rings. The smallest absolute Gasteiger partial charge is 0.305 e. The number of nitrogens with one attached hydrogen (secondary N) is 1. The van der Waals surface area contributed by atoms with E-state index in [1.165, 1.54) is 334 Å². The first-order valence-corrected chi connectivity index (χ1v) is 36.6. The largest absolute Gasteiger partial charge is 0.466 e. The fourth-order valence-electron chi connectivity index (χ4n) is 11.6. The number of carbonyl (C=O) groups excluding carboxylic acids is 2. The number of hydrogen-bond donors (Lipinski definition) is 3. The minimum Gasteiger partial charge on any atom is -0.466 e. The molecule has 0 saturated heterocycles. The van der Waals surface area contributed by atoms with Gasteiger partial charge in [0.05, 0.1) is 25.4 Å². The number of aliphatic hydroxyl groups is 2. The zero-order valence-electron chi connectivity index (χ0n) is 54.3. The highest BCUT2D eigenvalue weighted by molar-refractivity contribution is 5.76. The lowest BCUT2D eigenvalue weighted by molar-refractivity contribution is -0.143. The third kappa shape index (κ3) is 65.5. The molecule has 2 unspecified atom stereocenters. The van der Waals surface area contributed by atoms with Gasteiger partial charge < -0.3 is 20.3 Å². The van der Waals surface area contributed by atoms with Crippen LogP contribution in [-0.2, 0) is 14.3 Å². The Morgan fingerprint density at radius 1 is 0.338 bits per heavy atom. The molecule has 0 aromatic rings. The summed E-state index contributed by atoms with van der Waals surface area (Å²) in [6, 6.07) is -0.545. The van der Waals surface area contributed by atoms with Crippen molar-refractivity contribution in [3.8, 4) is 0 Å². The summed E-state index contributed by atoms with van der Waals surface area (Å²) in [6.07, 6.45) is 88.0. The molecule has 6 heteroatoms. The van der Waals surface area contributed by atoms with Crippen LogP contribution in [0.4, 0.5) is 0 Å². The number of amides is 1. The Hall–Kier alpha value is -1.66. The van der Waals surface area contributed by atoms with Crippen molar-refractivity contribution < 1.29 is 24.5 Å². The van der Waals surface area contributed by atoms with Gasteiger partial charge >= 0.3 is 5.97 Å². The second-order valence-electron chi connectivity index (χ2n) is 25.3. The first-order valence-electron chi connectivity index (χ1n) is 36.6. The predicted octanol–water partition coefficient (Wildman–Crippen LogP) is 23.7. The van der Waals surface area contributed by atoms with Crippen LogP contribution in [0.1, 0.15) is 412 Å². The Labute approximate surface area is 501 Å². The number of rotatable bonds is 69. The Bertz CT molecular complexity index is 1250. The molecule has 0 heterocycles. The van der Waals surface area contributed by atoms with Crippen molar-refractivity contribution in [2.24, 2.45) is 0 Å². The van der Waals surface area contributed by atoms with Crippen molar-refractivity contribution in [1.29, 1.82) is 0 Å². The van der Waals surface area contributed by atoms with E-state index in [4.69, 9.17) is 4.74 Å². The summed E-state index contributed by atoms with van der Waals surface area (Å²) < 4.78 is 5.48. The van der Waals surface area contributed by atoms with E-state index >= 15 is 0 Å². The Balaban J connectivity index is 3.40. The maximum Gasteiger partial charge on any atom is 0.305 e. The molecule has 0 radical (unpaired) electrons. The van der Waals surface area contributed by atoms with Gasteiger partial charge in [0.1, 0.15) is 0 Å². The topological polar surface area (TPSA) is 95.9 Å². The molecule has 0 spiro atoms. The molecular formula is C74H143NO5. The van der Waals surface area contributed by atoms with Crippen LogP contribution in [0.3, 0.4) is 0 Å². The van der Waals surface area contributed by atoms with Gasteiger partial charge in [-0.15, -0.1) is 0 Å². The van der Waals surface area contributed by atoms with E-state index in [0.717, 1.165) is 44.9 Å². The highest BCUT2D eigenvalue weighted by Gasteiger charge is 2.20. The number of aliphatic hydroxyl groups excluding tert-OH is 2. The lowest BCUT2D eigenvalue weighted by atomic mass is 10.0. The molecule has 0 aliphatic heterocycles. The summed E-state index contributed by atoms with van der Waals surface area (Å²) in [4.78, 5) is 24.6. The Morgan fingerprint density at radius 3 is 0.887 bits per heavy atom. The highest BCUT2D eigenvalue weighted by Crippen LogP contribution is 2.19. The molecule has 0 aromatic carbocycles. The summed E-state index contributed by atoms with van der Waals surface area (Å²) in [5.74, 6) is -0.0273. The number of hydrogen-bond acceptors (Lipinski definition) is 5. The molecular weight excluding hydrogens is 983 g/mol. The highest BCUT2D eigenvalue weighted by atomic mass is 16.5. The fourth-order valence-corrected chi connectivity index (χ4v) is 11.6. The van der Waals surface area contributed by atoms with Crippen LogP contribution in [0, 0.1) is 0 Å². The molecule has 0 bridgehead atoms. The second-order valence-corrected chi connectivity index (χ2v) is 25.3. The van der Waals surface area contributed by atoms with Crippen molar-refractivity contribution in [3.05, 3.63) is 24.3 Å². The van der Waals surface area contributed by atoms with E-state index in [1.807, 2.05) is 0 Å². The molecule has 6 nitrogen and oxygen atoms in total. The molecule has 0 fully saturated rings. The molecule has 3 N–H and O–H groups in total. The molecule has 474 valence electrons. The van der Waals surface area contributed by atoms with Crippen molar-refractivity contribution in [1.82, 2.24) is 5.32 Å². The predicted molar refractivity (Wildman–Crippen MR) is 352 cm³/mol. The summed E-state index contributed by atoms with van der Waals surface area (Å²) in [5.41, 5.74) is 0. The van der Waals surface area contributed by atoms with Crippen LogP contribution in [-0.4, -0.2) is 47.4 Å². The first kappa shape index (κ1) is 78.3. The van der Waals surface area contributed by atoms with Crippen molar-refractivity contribution in [3.63, 3.8) is 0 Å². The van der Waals surface area contributed by atoms with Crippen molar-refractivity contribution in [2.45, 2.75) is 424 Å². The van der Waals surface area contributed by atoms with Gasteiger partial charge in [-0.1, -0.05) is 346 Å². The van der Waals surface area contributed by atoms with Gasteiger partial charge in [0, 0.05) is 12.8 Å². The van der Waals surface area contributed by atoms with Crippen molar-refractivity contribution >= 4 is 11.9 Å². The molecule has 2 atom stereocenters. The number of carbonyl (C=O) groups is 2. The maximum absolute atomic E-state index is 12.6. The summed E-state index contributed by atoms with van der Waals surface area (Å²) in [5, 5.41) is 23.5. The lowest BCUT2D eigenvalue weighted by Gasteiger charge is -2.22. The van der Waals surface area contributed by atoms with Crippen LogP contribution < -0.4 is 5.32 Å². The number of esters is 1. The van der Waals surface area contributed by atoms with Gasteiger partial charge in [-0.25, -0.2) is 0 Å². The zero-order chi connectivity index (χ0) is 57.8. The zero-order valence-corrected chi connectivity index (χ0v) is 54.3. The standard InChI is InChI=1S/C74H143NO5/c1-3-5-7-9-11-13-15-17-19-20-21-22-23-27-30-33-36-39-42-46-50-54-58-62-66-72(77)71(70-76)75-73(78)67-63-59-55-51-47-43-40-37-34-31-28-25-24-26-29-32-35-38-41-45-49-53-57-61-65-69-80-74(79)68-64-60-56-52-48-44-18-16-14-12-10-8-6-4-2/h16,18,25,28,71-72,76-77H,3-15,17,19-24,26-27,29-70H2,1-2H3,(H,75,78)/b18-16-,28-25-. The maximum atomic E-state index is 12.6. The van der Waals surface area contributed by atoms with Gasteiger partial charge in [-0.3, -0.25) is 9.59 Å². The molecule has 1 amide bonds. The average molecular weight is 1130 g/mol. The second kappa shape index (κ2) is 69.8. The quantitative estimate of drug-likeness (QED) is 0.0320. The van der Waals surface area contributed by atoms with Crippen LogP contribution >= 0.6 is 0 Å². The van der Waals surface area contributed by atoms with E-state index in [2.05, 4.69) is 43.5 Å². The monoisotopic (exact) mass is 1130 g/mol. The third-order valence-electron chi connectivity index (χ3n) is 17.2. The molecule has 80 heavy (non-hydrogen) atoms. The summed E-state index contributed by atoms with van der Waals surface area (Å²) in [7, 11) is 0. The Morgan fingerprint density at radius 2 is 0.588 bits per heavy atom. The number of ether oxygens (including phenoxy) is 1. The van der Waals surface area contributed by atoms with E-state index in [9.17, 15) is 19.8 Å². The van der Waals surface area contributed by atoms with E-state index < -0.39 is 12.1 Å². The van der Waals surface area contributed by atoms with E-state index in [0.29, 0.717) is 25.9 Å². The van der Waals surface area contributed by atoms with Crippen LogP contribution in [0.15, 0.2) is 24.3 Å². The van der Waals surface area contributed by atoms with Gasteiger partial charge in [-0.2, -0.15) is 0 Å². The molecule has 0 saturated carbocycles. The minimum atomic E-state index is -0.668. The van der Waals surface area contributed by atoms with E-state index in [-0.39, 0.29) is 18.5 Å². The van der Waals surface area contributed by atoms with Gasteiger partial charge in [0.15, 0.2) is 0 Å². The van der Waals surface area contributed by atoms with Crippen molar-refractivity contribution in [2.75, 3.05) is 13.2 Å². The van der Waals surface area contributed by atoms with Crippen LogP contribution in [0.25, 0.3) is 0 Å². The number of unbranched alkanes of at least 4 members (excludes halogenated alkanes) is 54. The first-order chi connectivity index (χ1) is 39.5. The normalized spacial score (nSPS) is 12.6. The van der Waals surface area contributed by atoms with Gasteiger partial charge in [0.25, 0.3) is 0 Å². The Kier molecular flexibility index (Phi) is 68.4. The molecule has 0 aliphatic carbocycles. The van der Waals surface area contributed by atoms with Gasteiger partial charge in [0.2, 0.25) is 5.91 Å². The lowest BCUT2D eigenvalue weighted by Crippen LogP contribution is -2.45. The molecule has 0 aromatic heterocycles. The fraction of sp³-hybridized carbons (Fsp3) is 0.919. The van der Waals surface area contributed by atoms with Gasteiger partial charge in [-0.05, 0) is 77.0 Å². The van der Waals surface area contributed by atoms with Crippen LogP contribution in [0.2, 0.25) is 0 Å².